The van der Waals surface area contributed by atoms with Gasteiger partial charge < -0.3 is 25.5 Å². The number of carbonyl (C=O) groups is 1. The zero-order valence-electron chi connectivity index (χ0n) is 22.9. The first-order valence-corrected chi connectivity index (χ1v) is 12.9. The van der Waals surface area contributed by atoms with Crippen LogP contribution in [0.1, 0.15) is 54.5 Å². The van der Waals surface area contributed by atoms with Crippen LogP contribution < -0.4 is 15.8 Å². The van der Waals surface area contributed by atoms with Gasteiger partial charge >= 0.3 is 6.18 Å². The molecule has 0 bridgehead atoms. The van der Waals surface area contributed by atoms with Gasteiger partial charge in [0.25, 0.3) is 0 Å². The minimum absolute atomic E-state index is 0.0454. The number of rotatable bonds is 11. The minimum Gasteiger partial charge on any atom is -0.494 e. The van der Waals surface area contributed by atoms with Crippen LogP contribution in [0.15, 0.2) is 54.6 Å². The molecule has 0 aliphatic rings. The highest BCUT2D eigenvalue weighted by atomic mass is 19.4. The van der Waals surface area contributed by atoms with Crippen LogP contribution in [0.5, 0.6) is 5.75 Å². The number of amides is 1. The van der Waals surface area contributed by atoms with Gasteiger partial charge in [-0.3, -0.25) is 4.79 Å². The van der Waals surface area contributed by atoms with Crippen LogP contribution in [0, 0.1) is 0 Å². The number of ether oxygens (including phenoxy) is 2. The van der Waals surface area contributed by atoms with E-state index in [2.05, 4.69) is 29.1 Å². The van der Waals surface area contributed by atoms with E-state index in [-0.39, 0.29) is 41.8 Å². The molecule has 4 rings (SSSR count). The summed E-state index contributed by atoms with van der Waals surface area (Å²) in [6.45, 7) is 4.32. The third-order valence-electron chi connectivity index (χ3n) is 6.81. The number of aromatic amines is 1. The van der Waals surface area contributed by atoms with E-state index in [1.165, 1.54) is 20.3 Å². The first-order chi connectivity index (χ1) is 19.0. The molecule has 1 aromatic heterocycles. The normalized spacial score (nSPS) is 12.6. The summed E-state index contributed by atoms with van der Waals surface area (Å²) in [4.78, 5) is 19.1. The van der Waals surface area contributed by atoms with E-state index in [1.807, 2.05) is 24.3 Å². The Morgan fingerprint density at radius 3 is 2.40 bits per heavy atom. The number of anilines is 1. The minimum atomic E-state index is -4.73. The lowest BCUT2D eigenvalue weighted by molar-refractivity contribution is -0.137. The molecule has 0 aliphatic carbocycles. The maximum Gasteiger partial charge on any atom is 0.418 e. The zero-order valence-corrected chi connectivity index (χ0v) is 22.9. The number of benzene rings is 3. The van der Waals surface area contributed by atoms with Gasteiger partial charge in [0.1, 0.15) is 22.6 Å². The molecule has 0 fully saturated rings. The van der Waals surface area contributed by atoms with Crippen LogP contribution in [-0.4, -0.2) is 36.7 Å². The van der Waals surface area contributed by atoms with Crippen molar-refractivity contribution < 1.29 is 27.4 Å². The molecule has 0 saturated heterocycles. The zero-order chi connectivity index (χ0) is 29.0. The van der Waals surface area contributed by atoms with Crippen molar-refractivity contribution in [1.29, 1.82) is 0 Å². The Balaban J connectivity index is 1.90. The second-order valence-corrected chi connectivity index (χ2v) is 9.91. The monoisotopic (exact) mass is 554 g/mol. The summed E-state index contributed by atoms with van der Waals surface area (Å²) in [5, 5.41) is 3.21. The van der Waals surface area contributed by atoms with Crippen molar-refractivity contribution in [2.75, 3.05) is 26.1 Å². The van der Waals surface area contributed by atoms with Gasteiger partial charge in [-0.2, -0.15) is 13.2 Å². The van der Waals surface area contributed by atoms with Crippen molar-refractivity contribution in [2.45, 2.75) is 44.8 Å². The molecule has 7 nitrogen and oxygen atoms in total. The van der Waals surface area contributed by atoms with Crippen molar-refractivity contribution in [3.05, 3.63) is 76.9 Å². The third kappa shape index (κ3) is 6.22. The Hall–Kier alpha value is -4.05. The average molecular weight is 555 g/mol. The summed E-state index contributed by atoms with van der Waals surface area (Å²) >= 11 is 0. The summed E-state index contributed by atoms with van der Waals surface area (Å²) in [5.74, 6) is 0.297. The second kappa shape index (κ2) is 12.0. The molecule has 0 spiro atoms. The number of nitrogens with two attached hydrogens (primary N) is 1. The molecule has 10 heteroatoms. The van der Waals surface area contributed by atoms with Gasteiger partial charge in [0.2, 0.25) is 5.91 Å². The molecule has 0 radical (unpaired) electrons. The summed E-state index contributed by atoms with van der Waals surface area (Å²) in [6, 6.07) is 15.0. The van der Waals surface area contributed by atoms with Crippen LogP contribution in [0.3, 0.4) is 0 Å². The molecule has 40 heavy (non-hydrogen) atoms. The molecule has 3 aromatic carbocycles. The molecule has 4 N–H and O–H groups in total. The quantitative estimate of drug-likeness (QED) is 0.194. The molecular formula is C30H33F3N4O3. The fraction of sp³-hybridized carbons (Fsp3) is 0.333. The summed E-state index contributed by atoms with van der Waals surface area (Å²) in [5.41, 5.74) is 7.26. The molecule has 1 atom stereocenters. The number of nitrogens with one attached hydrogen (secondary N) is 2. The van der Waals surface area contributed by atoms with Crippen molar-refractivity contribution in [2.24, 2.45) is 5.73 Å². The molecule has 212 valence electrons. The Bertz CT molecular complexity index is 1480. The highest BCUT2D eigenvalue weighted by Gasteiger charge is 2.40. The maximum atomic E-state index is 14.8. The van der Waals surface area contributed by atoms with Crippen LogP contribution in [0.4, 0.5) is 18.9 Å². The summed E-state index contributed by atoms with van der Waals surface area (Å²) < 4.78 is 55.3. The number of H-pyrrole nitrogens is 1. The SMILES string of the molecule is COCCC(Nc1ccccc1CC(N)=O)c1cc(OC)c2[nH]c(-c3ccc(C(C)C)cc3)nc2c1C(F)(F)F. The predicted octanol–water partition coefficient (Wildman–Crippen LogP) is 6.60. The van der Waals surface area contributed by atoms with Crippen LogP contribution in [-0.2, 0) is 22.1 Å². The number of fused-ring (bicyclic) bond motifs is 1. The van der Waals surface area contributed by atoms with Crippen molar-refractivity contribution in [3.63, 3.8) is 0 Å². The molecule has 0 saturated carbocycles. The first kappa shape index (κ1) is 28.9. The Kier molecular flexibility index (Phi) is 8.68. The smallest absolute Gasteiger partial charge is 0.418 e. The molecule has 4 aromatic rings. The largest absolute Gasteiger partial charge is 0.494 e. The number of imidazole rings is 1. The first-order valence-electron chi connectivity index (χ1n) is 12.9. The topological polar surface area (TPSA) is 102 Å². The van der Waals surface area contributed by atoms with Gasteiger partial charge in [0.05, 0.1) is 25.1 Å². The maximum absolute atomic E-state index is 14.8. The Morgan fingerprint density at radius 1 is 1.10 bits per heavy atom. The standard InChI is InChI=1S/C30H33F3N4O3/c1-17(2)18-9-11-19(12-10-18)29-36-27-24(40-4)16-21(26(28(27)37-29)30(31,32)33)23(13-14-39-3)35-22-8-6-5-7-20(22)15-25(34)38/h5-12,16-17,23,35H,13-15H2,1-4H3,(H2,34,38)(H,36,37). The van der Waals surface area contributed by atoms with Gasteiger partial charge in [-0.15, -0.1) is 0 Å². The van der Waals surface area contributed by atoms with Crippen molar-refractivity contribution in [3.8, 4) is 17.1 Å². The number of alkyl halides is 3. The predicted molar refractivity (Wildman–Crippen MR) is 149 cm³/mol. The fourth-order valence-electron chi connectivity index (χ4n) is 4.78. The van der Waals surface area contributed by atoms with E-state index >= 15 is 0 Å². The third-order valence-corrected chi connectivity index (χ3v) is 6.81. The van der Waals surface area contributed by atoms with E-state index in [1.54, 1.807) is 24.3 Å². The van der Waals surface area contributed by atoms with E-state index in [4.69, 9.17) is 15.2 Å². The number of hydrogen-bond acceptors (Lipinski definition) is 5. The fourth-order valence-corrected chi connectivity index (χ4v) is 4.78. The van der Waals surface area contributed by atoms with Gasteiger partial charge in [-0.05, 0) is 41.2 Å². The number of aromatic nitrogens is 2. The van der Waals surface area contributed by atoms with Crippen molar-refractivity contribution >= 4 is 22.6 Å². The average Bonchev–Trinajstić information content (AvgIpc) is 3.35. The van der Waals surface area contributed by atoms with Gasteiger partial charge in [-0.1, -0.05) is 56.3 Å². The summed E-state index contributed by atoms with van der Waals surface area (Å²) in [7, 11) is 2.89. The highest BCUT2D eigenvalue weighted by Crippen LogP contribution is 2.44. The lowest BCUT2D eigenvalue weighted by atomic mass is 9.94. The van der Waals surface area contributed by atoms with Crippen molar-refractivity contribution in [1.82, 2.24) is 9.97 Å². The molecule has 1 heterocycles. The van der Waals surface area contributed by atoms with Crippen LogP contribution >= 0.6 is 0 Å². The van der Waals surface area contributed by atoms with Gasteiger partial charge in [0, 0.05) is 25.0 Å². The van der Waals surface area contributed by atoms with E-state index in [9.17, 15) is 18.0 Å². The number of methoxy groups -OCH3 is 2. The van der Waals surface area contributed by atoms with E-state index in [0.717, 1.165) is 5.56 Å². The van der Waals surface area contributed by atoms with Gasteiger partial charge in [-0.25, -0.2) is 4.98 Å². The molecule has 0 aliphatic heterocycles. The summed E-state index contributed by atoms with van der Waals surface area (Å²) in [6.07, 6.45) is -4.59. The number of primary amides is 1. The Labute approximate surface area is 230 Å². The number of nitrogens with zero attached hydrogens (tertiary/aromatic N) is 1. The molecule has 1 unspecified atom stereocenters. The molecule has 1 amide bonds. The highest BCUT2D eigenvalue weighted by molar-refractivity contribution is 5.89. The van der Waals surface area contributed by atoms with Crippen LogP contribution in [0.2, 0.25) is 0 Å². The lowest BCUT2D eigenvalue weighted by Crippen LogP contribution is -2.21. The number of para-hydroxylation sites is 1. The lowest BCUT2D eigenvalue weighted by Gasteiger charge is -2.26. The number of carbonyl (C=O) groups excluding carboxylic acids is 1. The number of halogens is 3. The van der Waals surface area contributed by atoms with Gasteiger partial charge in [0.15, 0.2) is 0 Å². The Morgan fingerprint density at radius 2 is 1.80 bits per heavy atom. The van der Waals surface area contributed by atoms with E-state index < -0.39 is 23.7 Å². The second-order valence-electron chi connectivity index (χ2n) is 9.91. The number of hydrogen-bond donors (Lipinski definition) is 3. The van der Waals surface area contributed by atoms with Crippen LogP contribution in [0.25, 0.3) is 22.4 Å². The van der Waals surface area contributed by atoms with E-state index in [0.29, 0.717) is 28.6 Å². The molecular weight excluding hydrogens is 521 g/mol.